The zero-order chi connectivity index (χ0) is 15.7. The molecule has 1 atom stereocenters. The summed E-state index contributed by atoms with van der Waals surface area (Å²) >= 11 is 1.06. The van der Waals surface area contributed by atoms with Gasteiger partial charge in [-0.2, -0.15) is 0 Å². The van der Waals surface area contributed by atoms with E-state index in [0.29, 0.717) is 10.2 Å². The smallest absolute Gasteiger partial charge is 0.271 e. The first kappa shape index (κ1) is 15.3. The van der Waals surface area contributed by atoms with Gasteiger partial charge in [-0.15, -0.1) is 11.3 Å². The van der Waals surface area contributed by atoms with Crippen LogP contribution in [-0.2, 0) is 9.84 Å². The molecule has 0 bridgehead atoms. The van der Waals surface area contributed by atoms with Gasteiger partial charge in [-0.05, 0) is 25.5 Å². The summed E-state index contributed by atoms with van der Waals surface area (Å²) in [7, 11) is -3.48. The lowest BCUT2D eigenvalue weighted by molar-refractivity contribution is -0.384. The molecule has 2 heterocycles. The van der Waals surface area contributed by atoms with E-state index in [-0.39, 0.29) is 21.8 Å². The number of fused-ring (bicyclic) bond motifs is 1. The highest BCUT2D eigenvalue weighted by Crippen LogP contribution is 2.29. The van der Waals surface area contributed by atoms with Crippen LogP contribution < -0.4 is 5.32 Å². The molecule has 1 aliphatic heterocycles. The molecule has 2 aromatic rings. The number of nitrogens with zero attached hydrogens (tertiary/aromatic N) is 2. The predicted molar refractivity (Wildman–Crippen MR) is 84.0 cm³/mol. The van der Waals surface area contributed by atoms with Gasteiger partial charge in [-0.3, -0.25) is 10.1 Å². The van der Waals surface area contributed by atoms with Crippen LogP contribution in [0.3, 0.4) is 0 Å². The normalized spacial score (nSPS) is 19.4. The summed E-state index contributed by atoms with van der Waals surface area (Å²) in [4.78, 5) is 14.3. The number of nitrogens with one attached hydrogen (secondary N) is 1. The Labute approximate surface area is 131 Å². The van der Waals surface area contributed by atoms with Crippen molar-refractivity contribution in [2.75, 3.05) is 12.3 Å². The SMILES string of the molecule is O=[N+]([O-])c1ccc2sc(S(=O)(=O)C[C@@H]3CCCCN3)nc2c1. The molecule has 0 unspecified atom stereocenters. The van der Waals surface area contributed by atoms with E-state index in [4.69, 9.17) is 0 Å². The van der Waals surface area contributed by atoms with Crippen LogP contribution in [0.15, 0.2) is 22.5 Å². The third-order valence-corrected chi connectivity index (χ3v) is 6.97. The Kier molecular flexibility index (Phi) is 4.11. The summed E-state index contributed by atoms with van der Waals surface area (Å²) < 4.78 is 25.6. The van der Waals surface area contributed by atoms with E-state index in [9.17, 15) is 18.5 Å². The summed E-state index contributed by atoms with van der Waals surface area (Å²) in [6.45, 7) is 0.840. The van der Waals surface area contributed by atoms with Crippen molar-refractivity contribution in [3.8, 4) is 0 Å². The second-order valence-corrected chi connectivity index (χ2v) is 8.56. The van der Waals surface area contributed by atoms with Gasteiger partial charge in [0.1, 0.15) is 0 Å². The summed E-state index contributed by atoms with van der Waals surface area (Å²) in [5.41, 5.74) is 0.269. The molecule has 7 nitrogen and oxygen atoms in total. The Hall–Kier alpha value is -1.58. The highest BCUT2D eigenvalue weighted by molar-refractivity contribution is 7.93. The highest BCUT2D eigenvalue weighted by Gasteiger charge is 2.26. The van der Waals surface area contributed by atoms with Gasteiger partial charge >= 0.3 is 0 Å². The van der Waals surface area contributed by atoms with Gasteiger partial charge in [-0.25, -0.2) is 13.4 Å². The molecule has 1 aromatic carbocycles. The number of piperidine rings is 1. The van der Waals surface area contributed by atoms with Crippen molar-refractivity contribution >= 4 is 37.1 Å². The molecule has 3 rings (SSSR count). The number of sulfone groups is 1. The van der Waals surface area contributed by atoms with Crippen molar-refractivity contribution in [3.05, 3.63) is 28.3 Å². The minimum atomic E-state index is -3.48. The number of thiazole rings is 1. The van der Waals surface area contributed by atoms with Crippen LogP contribution in [0, 0.1) is 10.1 Å². The molecule has 22 heavy (non-hydrogen) atoms. The molecule has 0 amide bonds. The van der Waals surface area contributed by atoms with Crippen molar-refractivity contribution in [2.45, 2.75) is 29.6 Å². The first-order valence-electron chi connectivity index (χ1n) is 6.97. The first-order chi connectivity index (χ1) is 10.5. The monoisotopic (exact) mass is 341 g/mol. The Morgan fingerprint density at radius 2 is 2.23 bits per heavy atom. The minimum Gasteiger partial charge on any atom is -0.313 e. The summed E-state index contributed by atoms with van der Waals surface area (Å²) in [6, 6.07) is 4.17. The number of nitro groups is 1. The maximum Gasteiger partial charge on any atom is 0.271 e. The lowest BCUT2D eigenvalue weighted by Gasteiger charge is -2.22. The number of benzene rings is 1. The largest absolute Gasteiger partial charge is 0.313 e. The Balaban J connectivity index is 1.89. The standard InChI is InChI=1S/C13H15N3O4S2/c17-16(18)10-4-5-12-11(7-10)15-13(21-12)22(19,20)8-9-3-1-2-6-14-9/h4-5,7,9,14H,1-3,6,8H2/t9-/m0/s1. The van der Waals surface area contributed by atoms with Gasteiger partial charge < -0.3 is 5.32 Å². The van der Waals surface area contributed by atoms with Crippen molar-refractivity contribution in [3.63, 3.8) is 0 Å². The number of hydrogen-bond acceptors (Lipinski definition) is 7. The predicted octanol–water partition coefficient (Wildman–Crippen LogP) is 2.12. The van der Waals surface area contributed by atoms with E-state index >= 15 is 0 Å². The second-order valence-electron chi connectivity index (χ2n) is 5.32. The average Bonchev–Trinajstić information content (AvgIpc) is 2.91. The van der Waals surface area contributed by atoms with Gasteiger partial charge in [0.2, 0.25) is 14.2 Å². The molecule has 1 N–H and O–H groups in total. The molecule has 0 saturated carbocycles. The van der Waals surface area contributed by atoms with Crippen molar-refractivity contribution in [1.82, 2.24) is 10.3 Å². The lowest BCUT2D eigenvalue weighted by atomic mass is 10.1. The van der Waals surface area contributed by atoms with E-state index in [1.807, 2.05) is 0 Å². The topological polar surface area (TPSA) is 102 Å². The Morgan fingerprint density at radius 1 is 1.41 bits per heavy atom. The summed E-state index contributed by atoms with van der Waals surface area (Å²) in [5.74, 6) is 0.0227. The number of rotatable bonds is 4. The minimum absolute atomic E-state index is 0.0227. The molecule has 1 aromatic heterocycles. The van der Waals surface area contributed by atoms with E-state index in [1.165, 1.54) is 12.1 Å². The van der Waals surface area contributed by atoms with Crippen LogP contribution in [0.25, 0.3) is 10.2 Å². The number of hydrogen-bond donors (Lipinski definition) is 1. The van der Waals surface area contributed by atoms with E-state index in [2.05, 4.69) is 10.3 Å². The second kappa shape index (κ2) is 5.90. The van der Waals surface area contributed by atoms with Gasteiger partial charge in [0, 0.05) is 18.2 Å². The van der Waals surface area contributed by atoms with Crippen molar-refractivity contribution in [2.24, 2.45) is 0 Å². The fraction of sp³-hybridized carbons (Fsp3) is 0.462. The zero-order valence-electron chi connectivity index (χ0n) is 11.7. The van der Waals surface area contributed by atoms with Gasteiger partial charge in [0.15, 0.2) is 0 Å². The van der Waals surface area contributed by atoms with Crippen LogP contribution in [0.1, 0.15) is 19.3 Å². The van der Waals surface area contributed by atoms with Gasteiger partial charge in [0.25, 0.3) is 5.69 Å². The van der Waals surface area contributed by atoms with E-state index < -0.39 is 14.8 Å². The summed E-state index contributed by atoms with van der Waals surface area (Å²) in [5, 5.41) is 14.0. The average molecular weight is 341 g/mol. The molecule has 0 aliphatic carbocycles. The van der Waals surface area contributed by atoms with E-state index in [1.54, 1.807) is 6.07 Å². The molecule has 0 spiro atoms. The van der Waals surface area contributed by atoms with Crippen LogP contribution in [-0.4, -0.2) is 36.7 Å². The third kappa shape index (κ3) is 3.11. The van der Waals surface area contributed by atoms with Crippen LogP contribution in [0.2, 0.25) is 0 Å². The molecule has 118 valence electrons. The maximum absolute atomic E-state index is 12.5. The molecule has 1 fully saturated rings. The highest BCUT2D eigenvalue weighted by atomic mass is 32.2. The first-order valence-corrected chi connectivity index (χ1v) is 9.44. The summed E-state index contributed by atoms with van der Waals surface area (Å²) in [6.07, 6.45) is 2.94. The number of nitro benzene ring substituents is 1. The van der Waals surface area contributed by atoms with E-state index in [0.717, 1.165) is 37.1 Å². The van der Waals surface area contributed by atoms with Crippen LogP contribution in [0.4, 0.5) is 5.69 Å². The lowest BCUT2D eigenvalue weighted by Crippen LogP contribution is -2.39. The van der Waals surface area contributed by atoms with Crippen molar-refractivity contribution < 1.29 is 13.3 Å². The number of non-ortho nitro benzene ring substituents is 1. The van der Waals surface area contributed by atoms with Crippen LogP contribution >= 0.6 is 11.3 Å². The maximum atomic E-state index is 12.5. The van der Waals surface area contributed by atoms with Crippen LogP contribution in [0.5, 0.6) is 0 Å². The molecule has 0 radical (unpaired) electrons. The molecular weight excluding hydrogens is 326 g/mol. The van der Waals surface area contributed by atoms with Crippen molar-refractivity contribution in [1.29, 1.82) is 0 Å². The molecule has 1 saturated heterocycles. The quantitative estimate of drug-likeness (QED) is 0.675. The fourth-order valence-electron chi connectivity index (χ4n) is 2.54. The Morgan fingerprint density at radius 3 is 2.91 bits per heavy atom. The molecule has 9 heteroatoms. The number of aromatic nitrogens is 1. The van der Waals surface area contributed by atoms with Gasteiger partial charge in [-0.1, -0.05) is 6.42 Å². The molecular formula is C13H15N3O4S2. The fourth-order valence-corrected chi connectivity index (χ4v) is 5.40. The zero-order valence-corrected chi connectivity index (χ0v) is 13.3. The molecule has 1 aliphatic rings. The van der Waals surface area contributed by atoms with Gasteiger partial charge in [0.05, 0.1) is 20.9 Å². The Bertz CT molecular complexity index is 810. The third-order valence-electron chi connectivity index (χ3n) is 3.66.